The summed E-state index contributed by atoms with van der Waals surface area (Å²) in [5, 5.41) is 3.76. The first-order valence-corrected chi connectivity index (χ1v) is 7.04. The molecule has 0 saturated carbocycles. The van der Waals surface area contributed by atoms with E-state index in [-0.39, 0.29) is 11.4 Å². The summed E-state index contributed by atoms with van der Waals surface area (Å²) in [5.74, 6) is -2.03. The van der Waals surface area contributed by atoms with Crippen molar-refractivity contribution in [3.8, 4) is 11.5 Å². The lowest BCUT2D eigenvalue weighted by atomic mass is 9.99. The van der Waals surface area contributed by atoms with Crippen molar-refractivity contribution in [2.45, 2.75) is 6.04 Å². The summed E-state index contributed by atoms with van der Waals surface area (Å²) >= 11 is 0. The molecule has 126 valence electrons. The summed E-state index contributed by atoms with van der Waals surface area (Å²) in [4.78, 5) is 38.1. The first-order chi connectivity index (χ1) is 11.5. The molecule has 2 atom stereocenters. The van der Waals surface area contributed by atoms with Gasteiger partial charge in [0.2, 0.25) is 5.91 Å². The fourth-order valence-electron chi connectivity index (χ4n) is 2.77. The number of anilines is 1. The van der Waals surface area contributed by atoms with E-state index >= 15 is 0 Å². The van der Waals surface area contributed by atoms with E-state index in [1.54, 1.807) is 18.2 Å². The van der Waals surface area contributed by atoms with Gasteiger partial charge in [-0.1, -0.05) is 0 Å². The molecule has 2 amide bonds. The summed E-state index contributed by atoms with van der Waals surface area (Å²) in [5.41, 5.74) is 2.69. The van der Waals surface area contributed by atoms with E-state index in [9.17, 15) is 14.4 Å². The molecule has 1 aromatic carbocycles. The Morgan fingerprint density at radius 3 is 2.54 bits per heavy atom. The van der Waals surface area contributed by atoms with Gasteiger partial charge in [-0.25, -0.2) is 9.69 Å². The maximum Gasteiger partial charge on any atom is 0.355 e. The molecule has 0 aromatic heterocycles. The molecule has 0 spiro atoms. The normalized spacial score (nSPS) is 22.0. The van der Waals surface area contributed by atoms with E-state index in [4.69, 9.17) is 9.47 Å². The minimum absolute atomic E-state index is 0.115. The average molecular weight is 333 g/mol. The number of hydrogen-bond donors (Lipinski definition) is 1. The Bertz CT molecular complexity index is 760. The van der Waals surface area contributed by atoms with Gasteiger partial charge in [-0.2, -0.15) is 5.10 Å². The van der Waals surface area contributed by atoms with E-state index in [0.717, 1.165) is 4.90 Å². The topological polar surface area (TPSA) is 107 Å². The second kappa shape index (κ2) is 5.84. The first-order valence-electron chi connectivity index (χ1n) is 7.04. The van der Waals surface area contributed by atoms with Gasteiger partial charge in [0.05, 0.1) is 27.0 Å². The van der Waals surface area contributed by atoms with Crippen LogP contribution in [-0.4, -0.2) is 50.9 Å². The molecule has 9 nitrogen and oxygen atoms in total. The SMILES string of the molecule is COC(=O)C1=NNC2C(=O)N(c3ccc(OC)cc3OC)C(=O)C12. The third-order valence-electron chi connectivity index (χ3n) is 3.95. The van der Waals surface area contributed by atoms with Crippen LogP contribution in [0.4, 0.5) is 5.69 Å². The van der Waals surface area contributed by atoms with E-state index in [2.05, 4.69) is 15.3 Å². The molecule has 3 rings (SSSR count). The van der Waals surface area contributed by atoms with Gasteiger partial charge in [-0.05, 0) is 12.1 Å². The number of carbonyl (C=O) groups is 3. The summed E-state index contributed by atoms with van der Waals surface area (Å²) in [6, 6.07) is 3.78. The maximum absolute atomic E-state index is 12.7. The summed E-state index contributed by atoms with van der Waals surface area (Å²) in [6.45, 7) is 0. The number of hydrazone groups is 1. The van der Waals surface area contributed by atoms with Crippen LogP contribution in [0.2, 0.25) is 0 Å². The molecule has 0 radical (unpaired) electrons. The number of carbonyl (C=O) groups excluding carboxylic acids is 3. The van der Waals surface area contributed by atoms with Crippen LogP contribution < -0.4 is 19.8 Å². The molecule has 0 aliphatic carbocycles. The van der Waals surface area contributed by atoms with Gasteiger partial charge in [-0.15, -0.1) is 0 Å². The van der Waals surface area contributed by atoms with Crippen LogP contribution in [-0.2, 0) is 19.1 Å². The Hall–Kier alpha value is -3.10. The van der Waals surface area contributed by atoms with Crippen molar-refractivity contribution in [1.82, 2.24) is 5.43 Å². The second-order valence-corrected chi connectivity index (χ2v) is 5.12. The highest BCUT2D eigenvalue weighted by molar-refractivity contribution is 6.46. The number of fused-ring (bicyclic) bond motifs is 1. The Labute approximate surface area is 137 Å². The predicted octanol–water partition coefficient (Wildman–Crippen LogP) is -0.306. The van der Waals surface area contributed by atoms with Crippen molar-refractivity contribution in [2.75, 3.05) is 26.2 Å². The lowest BCUT2D eigenvalue weighted by molar-refractivity contribution is -0.133. The van der Waals surface area contributed by atoms with Crippen LogP contribution in [0.15, 0.2) is 23.3 Å². The number of amides is 2. The Morgan fingerprint density at radius 2 is 1.92 bits per heavy atom. The van der Waals surface area contributed by atoms with Crippen LogP contribution in [0.5, 0.6) is 11.5 Å². The first kappa shape index (κ1) is 15.8. The number of benzene rings is 1. The molecule has 2 aliphatic heterocycles. The summed E-state index contributed by atoms with van der Waals surface area (Å²) in [6.07, 6.45) is 0. The van der Waals surface area contributed by atoms with Gasteiger partial charge in [0.1, 0.15) is 23.5 Å². The molecule has 1 N–H and O–H groups in total. The van der Waals surface area contributed by atoms with Gasteiger partial charge in [0, 0.05) is 6.07 Å². The number of rotatable bonds is 4. The molecule has 2 heterocycles. The molecule has 2 aliphatic rings. The molecular weight excluding hydrogens is 318 g/mol. The number of ether oxygens (including phenoxy) is 3. The van der Waals surface area contributed by atoms with Crippen molar-refractivity contribution in [2.24, 2.45) is 11.0 Å². The van der Waals surface area contributed by atoms with Crippen molar-refractivity contribution in [1.29, 1.82) is 0 Å². The number of esters is 1. The molecule has 1 aromatic rings. The number of nitrogens with one attached hydrogen (secondary N) is 1. The third kappa shape index (κ3) is 2.16. The van der Waals surface area contributed by atoms with Gasteiger partial charge in [0.25, 0.3) is 5.91 Å². The highest BCUT2D eigenvalue weighted by atomic mass is 16.5. The zero-order chi connectivity index (χ0) is 17.4. The molecule has 9 heteroatoms. The Balaban J connectivity index is 2.00. The molecule has 24 heavy (non-hydrogen) atoms. The highest BCUT2D eigenvalue weighted by Gasteiger charge is 2.56. The fraction of sp³-hybridized carbons (Fsp3) is 0.333. The van der Waals surface area contributed by atoms with Crippen LogP contribution in [0.1, 0.15) is 0 Å². The Morgan fingerprint density at radius 1 is 1.17 bits per heavy atom. The predicted molar refractivity (Wildman–Crippen MR) is 81.9 cm³/mol. The molecule has 2 unspecified atom stereocenters. The van der Waals surface area contributed by atoms with Crippen molar-refractivity contribution < 1.29 is 28.6 Å². The molecule has 1 saturated heterocycles. The lowest BCUT2D eigenvalue weighted by Crippen LogP contribution is -2.36. The molecular formula is C15H15N3O6. The number of nitrogens with zero attached hydrogens (tertiary/aromatic N) is 2. The average Bonchev–Trinajstić information content (AvgIpc) is 3.14. The minimum Gasteiger partial charge on any atom is -0.497 e. The number of methoxy groups -OCH3 is 3. The van der Waals surface area contributed by atoms with Crippen LogP contribution in [0.3, 0.4) is 0 Å². The molecule has 0 bridgehead atoms. The van der Waals surface area contributed by atoms with Gasteiger partial charge < -0.3 is 14.2 Å². The summed E-state index contributed by atoms with van der Waals surface area (Å²) < 4.78 is 15.0. The third-order valence-corrected chi connectivity index (χ3v) is 3.95. The summed E-state index contributed by atoms with van der Waals surface area (Å²) in [7, 11) is 4.10. The van der Waals surface area contributed by atoms with Crippen molar-refractivity contribution >= 4 is 29.2 Å². The smallest absolute Gasteiger partial charge is 0.355 e. The van der Waals surface area contributed by atoms with E-state index in [1.807, 2.05) is 0 Å². The fourth-order valence-corrected chi connectivity index (χ4v) is 2.77. The largest absolute Gasteiger partial charge is 0.497 e. The quantitative estimate of drug-likeness (QED) is 0.595. The maximum atomic E-state index is 12.7. The Kier molecular flexibility index (Phi) is 3.84. The van der Waals surface area contributed by atoms with Crippen LogP contribution >= 0.6 is 0 Å². The van der Waals surface area contributed by atoms with Crippen LogP contribution in [0, 0.1) is 5.92 Å². The number of imide groups is 1. The van der Waals surface area contributed by atoms with E-state index < -0.39 is 29.7 Å². The van der Waals surface area contributed by atoms with E-state index in [0.29, 0.717) is 11.5 Å². The van der Waals surface area contributed by atoms with Gasteiger partial charge in [-0.3, -0.25) is 15.0 Å². The highest BCUT2D eigenvalue weighted by Crippen LogP contribution is 2.37. The van der Waals surface area contributed by atoms with Crippen molar-refractivity contribution in [3.05, 3.63) is 18.2 Å². The monoisotopic (exact) mass is 333 g/mol. The second-order valence-electron chi connectivity index (χ2n) is 5.12. The number of hydrogen-bond acceptors (Lipinski definition) is 8. The molecule has 1 fully saturated rings. The standard InChI is InChI=1S/C15H15N3O6/c1-22-7-4-5-8(9(6-7)23-2)18-13(19)10-11(14(18)20)16-17-12(10)15(21)24-3/h4-6,10-11,16H,1-3H3. The zero-order valence-electron chi connectivity index (χ0n) is 13.2. The van der Waals surface area contributed by atoms with Gasteiger partial charge in [0.15, 0.2) is 5.71 Å². The lowest BCUT2D eigenvalue weighted by Gasteiger charge is -2.19. The van der Waals surface area contributed by atoms with Crippen LogP contribution in [0.25, 0.3) is 0 Å². The minimum atomic E-state index is -1.02. The zero-order valence-corrected chi connectivity index (χ0v) is 13.2. The van der Waals surface area contributed by atoms with Gasteiger partial charge >= 0.3 is 5.97 Å². The van der Waals surface area contributed by atoms with E-state index in [1.165, 1.54) is 21.3 Å². The van der Waals surface area contributed by atoms with Crippen molar-refractivity contribution in [3.63, 3.8) is 0 Å².